The second kappa shape index (κ2) is 5.98. The van der Waals surface area contributed by atoms with Gasteiger partial charge in [0.2, 0.25) is 0 Å². The van der Waals surface area contributed by atoms with Gasteiger partial charge >= 0.3 is 0 Å². The summed E-state index contributed by atoms with van der Waals surface area (Å²) >= 11 is 3.54. The molecule has 1 saturated heterocycles. The van der Waals surface area contributed by atoms with Crippen molar-refractivity contribution in [3.8, 4) is 0 Å². The molecule has 4 nitrogen and oxygen atoms in total. The largest absolute Gasteiger partial charge is 0.368 e. The molecule has 0 saturated carbocycles. The fourth-order valence-corrected chi connectivity index (χ4v) is 3.64. The van der Waals surface area contributed by atoms with Crippen LogP contribution in [0.5, 0.6) is 0 Å². The maximum Gasteiger partial charge on any atom is 0.0877 e. The maximum atomic E-state index is 4.76. The summed E-state index contributed by atoms with van der Waals surface area (Å²) in [6, 6.07) is 12.8. The van der Waals surface area contributed by atoms with E-state index in [1.807, 2.05) is 6.21 Å². The van der Waals surface area contributed by atoms with Gasteiger partial charge in [-0.15, -0.1) is 0 Å². The van der Waals surface area contributed by atoms with E-state index in [9.17, 15) is 0 Å². The highest BCUT2D eigenvalue weighted by molar-refractivity contribution is 9.10. The van der Waals surface area contributed by atoms with Crippen molar-refractivity contribution in [2.45, 2.75) is 0 Å². The minimum Gasteiger partial charge on any atom is -0.368 e. The predicted molar refractivity (Wildman–Crippen MR) is 101 cm³/mol. The van der Waals surface area contributed by atoms with Crippen LogP contribution < -0.4 is 15.1 Å². The Morgan fingerprint density at radius 2 is 1.83 bits per heavy atom. The molecule has 0 spiro atoms. The highest BCUT2D eigenvalue weighted by Crippen LogP contribution is 2.40. The van der Waals surface area contributed by atoms with E-state index in [4.69, 9.17) is 4.99 Å². The van der Waals surface area contributed by atoms with Gasteiger partial charge in [-0.25, -0.2) is 0 Å². The molecule has 2 aromatic rings. The molecule has 0 radical (unpaired) electrons. The van der Waals surface area contributed by atoms with Gasteiger partial charge in [0, 0.05) is 55.2 Å². The lowest BCUT2D eigenvalue weighted by molar-refractivity contribution is 0.589. The van der Waals surface area contributed by atoms with Gasteiger partial charge < -0.3 is 15.1 Å². The van der Waals surface area contributed by atoms with Crippen LogP contribution in [0, 0.1) is 0 Å². The maximum absolute atomic E-state index is 4.76. The summed E-state index contributed by atoms with van der Waals surface area (Å²) in [7, 11) is 2.11. The fourth-order valence-electron chi connectivity index (χ4n) is 3.29. The quantitative estimate of drug-likeness (QED) is 0.830. The standard InChI is InChI=1S/C18H19BrN4/c1-22-16-3-2-4-17(23-9-7-20-8-10-23)14(16)12-21-15-11-13(19)5-6-18(15)22/h2-6,11-12,20H,7-10H2,1H3. The molecule has 0 bridgehead atoms. The van der Waals surface area contributed by atoms with Gasteiger partial charge in [0.1, 0.15) is 0 Å². The molecule has 5 heteroatoms. The molecule has 23 heavy (non-hydrogen) atoms. The minimum atomic E-state index is 0.990. The van der Waals surface area contributed by atoms with Crippen molar-refractivity contribution in [2.75, 3.05) is 43.0 Å². The first-order chi connectivity index (χ1) is 11.2. The SMILES string of the molecule is CN1c2ccc(Br)cc2N=Cc2c(N3CCNCC3)cccc21. The zero-order valence-electron chi connectivity index (χ0n) is 13.1. The van der Waals surface area contributed by atoms with Crippen LogP contribution in [0.2, 0.25) is 0 Å². The van der Waals surface area contributed by atoms with Crippen LogP contribution in [0.1, 0.15) is 5.56 Å². The number of fused-ring (bicyclic) bond motifs is 2. The number of hydrogen-bond acceptors (Lipinski definition) is 4. The third kappa shape index (κ3) is 2.64. The number of aliphatic imine (C=N–C) groups is 1. The molecule has 4 rings (SSSR count). The molecule has 0 amide bonds. The number of piperazine rings is 1. The van der Waals surface area contributed by atoms with Crippen LogP contribution >= 0.6 is 15.9 Å². The van der Waals surface area contributed by atoms with Crippen LogP contribution in [-0.2, 0) is 0 Å². The Kier molecular flexibility index (Phi) is 3.83. The van der Waals surface area contributed by atoms with Crippen molar-refractivity contribution in [1.29, 1.82) is 0 Å². The van der Waals surface area contributed by atoms with E-state index in [0.29, 0.717) is 0 Å². The summed E-state index contributed by atoms with van der Waals surface area (Å²) in [6.07, 6.45) is 2.02. The van der Waals surface area contributed by atoms with Gasteiger partial charge in [-0.1, -0.05) is 22.0 Å². The van der Waals surface area contributed by atoms with E-state index in [2.05, 4.69) is 74.5 Å². The van der Waals surface area contributed by atoms with E-state index < -0.39 is 0 Å². The number of nitrogens with zero attached hydrogens (tertiary/aromatic N) is 3. The van der Waals surface area contributed by atoms with Crippen LogP contribution in [0.25, 0.3) is 0 Å². The Balaban J connectivity index is 1.83. The molecule has 2 aromatic carbocycles. The Hall–Kier alpha value is -1.85. The number of anilines is 3. The zero-order chi connectivity index (χ0) is 15.8. The molecular formula is C18H19BrN4. The van der Waals surface area contributed by atoms with E-state index in [1.165, 1.54) is 16.9 Å². The summed E-state index contributed by atoms with van der Waals surface area (Å²) in [5, 5.41) is 3.42. The Morgan fingerprint density at radius 3 is 2.65 bits per heavy atom. The molecule has 118 valence electrons. The number of hydrogen-bond donors (Lipinski definition) is 1. The van der Waals surface area contributed by atoms with E-state index >= 15 is 0 Å². The van der Waals surface area contributed by atoms with Gasteiger partial charge in [0.05, 0.1) is 17.1 Å². The van der Waals surface area contributed by atoms with Gasteiger partial charge in [-0.3, -0.25) is 4.99 Å². The van der Waals surface area contributed by atoms with Crippen molar-refractivity contribution >= 4 is 44.9 Å². The molecular weight excluding hydrogens is 352 g/mol. The lowest BCUT2D eigenvalue weighted by Crippen LogP contribution is -2.44. The molecule has 1 fully saturated rings. The van der Waals surface area contributed by atoms with Gasteiger partial charge in [-0.2, -0.15) is 0 Å². The van der Waals surface area contributed by atoms with Crippen molar-refractivity contribution in [2.24, 2.45) is 4.99 Å². The van der Waals surface area contributed by atoms with Crippen LogP contribution in [0.3, 0.4) is 0 Å². The van der Waals surface area contributed by atoms with E-state index in [1.54, 1.807) is 0 Å². The smallest absolute Gasteiger partial charge is 0.0877 e. The van der Waals surface area contributed by atoms with Gasteiger partial charge in [0.15, 0.2) is 0 Å². The summed E-state index contributed by atoms with van der Waals surface area (Å²) in [5.74, 6) is 0. The number of halogens is 1. The average Bonchev–Trinajstić information content (AvgIpc) is 2.73. The molecule has 2 aliphatic heterocycles. The van der Waals surface area contributed by atoms with Gasteiger partial charge in [-0.05, 0) is 30.3 Å². The van der Waals surface area contributed by atoms with Crippen molar-refractivity contribution < 1.29 is 0 Å². The zero-order valence-corrected chi connectivity index (χ0v) is 14.7. The Bertz CT molecular complexity index is 766. The minimum absolute atomic E-state index is 0.990. The van der Waals surface area contributed by atoms with Crippen molar-refractivity contribution in [1.82, 2.24) is 5.32 Å². The third-order valence-corrected chi connectivity index (χ3v) is 5.00. The van der Waals surface area contributed by atoms with E-state index in [-0.39, 0.29) is 0 Å². The van der Waals surface area contributed by atoms with Crippen molar-refractivity contribution in [3.63, 3.8) is 0 Å². The highest BCUT2D eigenvalue weighted by atomic mass is 79.9. The summed E-state index contributed by atoms with van der Waals surface area (Å²) in [5.41, 5.74) is 5.78. The Morgan fingerprint density at radius 1 is 1.04 bits per heavy atom. The number of nitrogens with one attached hydrogen (secondary N) is 1. The molecule has 0 aromatic heterocycles. The second-order valence-corrected chi connectivity index (χ2v) is 6.81. The third-order valence-electron chi connectivity index (χ3n) is 4.51. The van der Waals surface area contributed by atoms with Gasteiger partial charge in [0.25, 0.3) is 0 Å². The summed E-state index contributed by atoms with van der Waals surface area (Å²) in [6.45, 7) is 4.13. The van der Waals surface area contributed by atoms with Crippen LogP contribution in [-0.4, -0.2) is 39.4 Å². The van der Waals surface area contributed by atoms with Crippen LogP contribution in [0.15, 0.2) is 45.9 Å². The molecule has 0 unspecified atom stereocenters. The first kappa shape index (κ1) is 14.7. The topological polar surface area (TPSA) is 30.9 Å². The van der Waals surface area contributed by atoms with Crippen LogP contribution in [0.4, 0.5) is 22.7 Å². The van der Waals surface area contributed by atoms with Crippen molar-refractivity contribution in [3.05, 3.63) is 46.4 Å². The first-order valence-electron chi connectivity index (χ1n) is 7.90. The average molecular weight is 371 g/mol. The summed E-state index contributed by atoms with van der Waals surface area (Å²) < 4.78 is 1.05. The molecule has 2 heterocycles. The molecule has 0 atom stereocenters. The summed E-state index contributed by atoms with van der Waals surface area (Å²) in [4.78, 5) is 9.43. The lowest BCUT2D eigenvalue weighted by atomic mass is 10.1. The second-order valence-electron chi connectivity index (χ2n) is 5.90. The number of benzene rings is 2. The molecule has 0 aliphatic carbocycles. The highest BCUT2D eigenvalue weighted by Gasteiger charge is 2.21. The number of rotatable bonds is 1. The normalized spacial score (nSPS) is 16.8. The molecule has 1 N–H and O–H groups in total. The monoisotopic (exact) mass is 370 g/mol. The predicted octanol–water partition coefficient (Wildman–Crippen LogP) is 3.69. The van der Waals surface area contributed by atoms with E-state index in [0.717, 1.165) is 42.0 Å². The lowest BCUT2D eigenvalue weighted by Gasteiger charge is -2.32. The fraction of sp³-hybridized carbons (Fsp3) is 0.278. The first-order valence-corrected chi connectivity index (χ1v) is 8.69. The Labute approximate surface area is 144 Å². The molecule has 2 aliphatic rings.